The number of hydrogen-bond donors (Lipinski definition) is 2. The zero-order valence-electron chi connectivity index (χ0n) is 16.4. The molecule has 2 N–H and O–H groups in total. The van der Waals surface area contributed by atoms with E-state index in [0.29, 0.717) is 5.02 Å². The zero-order valence-corrected chi connectivity index (χ0v) is 17.1. The number of carbonyl (C=O) groups is 2. The Labute approximate surface area is 180 Å². The molecule has 1 unspecified atom stereocenters. The first-order valence-corrected chi connectivity index (χ1v) is 10.1. The van der Waals surface area contributed by atoms with Crippen molar-refractivity contribution in [2.75, 3.05) is 0 Å². The van der Waals surface area contributed by atoms with Crippen LogP contribution in [0.4, 0.5) is 0 Å². The molecule has 6 heteroatoms. The molecule has 0 radical (unpaired) electrons. The van der Waals surface area contributed by atoms with Crippen LogP contribution in [-0.4, -0.2) is 11.8 Å². The van der Waals surface area contributed by atoms with Crippen LogP contribution in [-0.2, 0) is 9.59 Å². The Morgan fingerprint density at radius 3 is 2.07 bits per heavy atom. The molecule has 3 aromatic carbocycles. The van der Waals surface area contributed by atoms with E-state index < -0.39 is 6.04 Å². The smallest absolute Gasteiger partial charge is 0.223 e. The molecule has 0 saturated heterocycles. The summed E-state index contributed by atoms with van der Waals surface area (Å²) >= 11 is 5.97. The fraction of sp³-hybridized carbons (Fsp3) is 0.167. The highest BCUT2D eigenvalue weighted by molar-refractivity contribution is 6.30. The standard InChI is InChI=1S/C24H21ClN2O3/c1-15(28)26-20(16-10-12-17(25)13-11-16)14-23(29)27-24-18-6-2-4-8-21(18)30-22-9-5-3-7-19(22)24/h2-13,20,24H,14H2,1H3,(H,26,28)(H,27,29). The lowest BCUT2D eigenvalue weighted by Crippen LogP contribution is -2.35. The van der Waals surface area contributed by atoms with Gasteiger partial charge in [-0.2, -0.15) is 0 Å². The van der Waals surface area contributed by atoms with Crippen molar-refractivity contribution in [3.05, 3.63) is 94.5 Å². The fourth-order valence-corrected chi connectivity index (χ4v) is 3.79. The largest absolute Gasteiger partial charge is 0.457 e. The van der Waals surface area contributed by atoms with Crippen molar-refractivity contribution in [1.82, 2.24) is 10.6 Å². The molecule has 2 amide bonds. The second-order valence-corrected chi connectivity index (χ2v) is 7.62. The quantitative estimate of drug-likeness (QED) is 0.615. The molecule has 1 atom stereocenters. The minimum Gasteiger partial charge on any atom is -0.457 e. The third kappa shape index (κ3) is 4.31. The Bertz CT molecular complexity index is 1040. The first-order valence-electron chi connectivity index (χ1n) is 9.69. The van der Waals surface area contributed by atoms with Crippen LogP contribution in [0.5, 0.6) is 11.5 Å². The second-order valence-electron chi connectivity index (χ2n) is 7.19. The van der Waals surface area contributed by atoms with E-state index >= 15 is 0 Å². The average Bonchev–Trinajstić information content (AvgIpc) is 2.73. The van der Waals surface area contributed by atoms with Crippen molar-refractivity contribution in [3.8, 4) is 11.5 Å². The van der Waals surface area contributed by atoms with Crippen molar-refractivity contribution in [3.63, 3.8) is 0 Å². The van der Waals surface area contributed by atoms with E-state index in [4.69, 9.17) is 16.3 Å². The van der Waals surface area contributed by atoms with Crippen molar-refractivity contribution in [1.29, 1.82) is 0 Å². The molecular formula is C24H21ClN2O3. The molecule has 4 rings (SSSR count). The normalized spacial score (nSPS) is 13.4. The molecular weight excluding hydrogens is 400 g/mol. The van der Waals surface area contributed by atoms with Crippen LogP contribution in [0.3, 0.4) is 0 Å². The summed E-state index contributed by atoms with van der Waals surface area (Å²) in [6.45, 7) is 1.44. The number of carbonyl (C=O) groups excluding carboxylic acids is 2. The van der Waals surface area contributed by atoms with E-state index in [0.717, 1.165) is 28.2 Å². The summed E-state index contributed by atoms with van der Waals surface area (Å²) in [6.07, 6.45) is 0.100. The van der Waals surface area contributed by atoms with Gasteiger partial charge >= 0.3 is 0 Å². The summed E-state index contributed by atoms with van der Waals surface area (Å²) < 4.78 is 5.98. The number of para-hydroxylation sites is 2. The van der Waals surface area contributed by atoms with Gasteiger partial charge in [-0.25, -0.2) is 0 Å². The monoisotopic (exact) mass is 420 g/mol. The summed E-state index contributed by atoms with van der Waals surface area (Å²) in [5.41, 5.74) is 2.61. The highest BCUT2D eigenvalue weighted by atomic mass is 35.5. The number of amides is 2. The number of hydrogen-bond acceptors (Lipinski definition) is 3. The number of benzene rings is 3. The molecule has 0 spiro atoms. The summed E-state index contributed by atoms with van der Waals surface area (Å²) in [5.74, 6) is 1.06. The van der Waals surface area contributed by atoms with Crippen LogP contribution in [0.1, 0.15) is 42.1 Å². The predicted molar refractivity (Wildman–Crippen MR) is 116 cm³/mol. The Hall–Kier alpha value is -3.31. The van der Waals surface area contributed by atoms with Gasteiger partial charge in [0, 0.05) is 23.1 Å². The van der Waals surface area contributed by atoms with Gasteiger partial charge in [0.05, 0.1) is 18.5 Å². The van der Waals surface area contributed by atoms with Crippen molar-refractivity contribution in [2.45, 2.75) is 25.4 Å². The lowest BCUT2D eigenvalue weighted by molar-refractivity contribution is -0.123. The maximum atomic E-state index is 13.0. The maximum Gasteiger partial charge on any atom is 0.223 e. The van der Waals surface area contributed by atoms with E-state index in [1.54, 1.807) is 12.1 Å². The molecule has 1 heterocycles. The second kappa shape index (κ2) is 8.59. The molecule has 5 nitrogen and oxygen atoms in total. The van der Waals surface area contributed by atoms with Gasteiger partial charge in [0.25, 0.3) is 0 Å². The van der Waals surface area contributed by atoms with Crippen LogP contribution >= 0.6 is 11.6 Å². The van der Waals surface area contributed by atoms with Crippen LogP contribution in [0, 0.1) is 0 Å². The summed E-state index contributed by atoms with van der Waals surface area (Å²) in [7, 11) is 0. The first kappa shape index (κ1) is 20.0. The molecule has 0 aliphatic carbocycles. The average molecular weight is 421 g/mol. The van der Waals surface area contributed by atoms with Gasteiger partial charge in [-0.05, 0) is 29.8 Å². The number of nitrogens with one attached hydrogen (secondary N) is 2. The van der Waals surface area contributed by atoms with Gasteiger partial charge in [-0.3, -0.25) is 9.59 Å². The SMILES string of the molecule is CC(=O)NC(CC(=O)NC1c2ccccc2Oc2ccccc21)c1ccc(Cl)cc1. The van der Waals surface area contributed by atoms with Crippen LogP contribution < -0.4 is 15.4 Å². The first-order chi connectivity index (χ1) is 14.5. The van der Waals surface area contributed by atoms with Crippen LogP contribution in [0.25, 0.3) is 0 Å². The number of rotatable bonds is 5. The molecule has 0 aromatic heterocycles. The minimum atomic E-state index is -0.454. The topological polar surface area (TPSA) is 67.4 Å². The highest BCUT2D eigenvalue weighted by Gasteiger charge is 2.29. The Kier molecular flexibility index (Phi) is 5.72. The third-order valence-electron chi connectivity index (χ3n) is 5.02. The molecule has 3 aromatic rings. The summed E-state index contributed by atoms with van der Waals surface area (Å²) in [4.78, 5) is 24.7. The molecule has 1 aliphatic rings. The van der Waals surface area contributed by atoms with Crippen molar-refractivity contribution in [2.24, 2.45) is 0 Å². The van der Waals surface area contributed by atoms with Crippen molar-refractivity contribution >= 4 is 23.4 Å². The molecule has 30 heavy (non-hydrogen) atoms. The molecule has 0 bridgehead atoms. The van der Waals surface area contributed by atoms with E-state index in [1.807, 2.05) is 60.7 Å². The van der Waals surface area contributed by atoms with E-state index in [1.165, 1.54) is 6.92 Å². The van der Waals surface area contributed by atoms with E-state index in [9.17, 15) is 9.59 Å². The highest BCUT2D eigenvalue weighted by Crippen LogP contribution is 2.42. The van der Waals surface area contributed by atoms with Gasteiger partial charge in [-0.15, -0.1) is 0 Å². The number of ether oxygens (including phenoxy) is 1. The van der Waals surface area contributed by atoms with E-state index in [-0.39, 0.29) is 24.3 Å². The molecule has 152 valence electrons. The van der Waals surface area contributed by atoms with Crippen molar-refractivity contribution < 1.29 is 14.3 Å². The maximum absolute atomic E-state index is 13.0. The molecule has 0 saturated carbocycles. The van der Waals surface area contributed by atoms with E-state index in [2.05, 4.69) is 10.6 Å². The summed E-state index contributed by atoms with van der Waals surface area (Å²) in [5, 5.41) is 6.57. The fourth-order valence-electron chi connectivity index (χ4n) is 3.66. The van der Waals surface area contributed by atoms with Gasteiger partial charge in [-0.1, -0.05) is 60.1 Å². The lowest BCUT2D eigenvalue weighted by atomic mass is 9.94. The van der Waals surface area contributed by atoms with Gasteiger partial charge in [0.1, 0.15) is 11.5 Å². The molecule has 0 fully saturated rings. The van der Waals surface area contributed by atoms with Crippen LogP contribution in [0.2, 0.25) is 5.02 Å². The Morgan fingerprint density at radius 1 is 0.933 bits per heavy atom. The Balaban J connectivity index is 1.58. The minimum absolute atomic E-state index is 0.100. The van der Waals surface area contributed by atoms with Gasteiger partial charge < -0.3 is 15.4 Å². The third-order valence-corrected chi connectivity index (χ3v) is 5.28. The van der Waals surface area contributed by atoms with Crippen LogP contribution in [0.15, 0.2) is 72.8 Å². The molecule has 1 aliphatic heterocycles. The van der Waals surface area contributed by atoms with Gasteiger partial charge in [0.2, 0.25) is 11.8 Å². The van der Waals surface area contributed by atoms with Gasteiger partial charge in [0.15, 0.2) is 0 Å². The number of fused-ring (bicyclic) bond motifs is 2. The Morgan fingerprint density at radius 2 is 1.50 bits per heavy atom. The lowest BCUT2D eigenvalue weighted by Gasteiger charge is -2.29. The summed E-state index contributed by atoms with van der Waals surface area (Å²) in [6, 6.07) is 21.6. The number of halogens is 1. The zero-order chi connectivity index (χ0) is 21.1. The predicted octanol–water partition coefficient (Wildman–Crippen LogP) is 4.92.